The maximum atomic E-state index is 12.3. The summed E-state index contributed by atoms with van der Waals surface area (Å²) in [6.45, 7) is 1.97. The Bertz CT molecular complexity index is 1340. The Hall–Kier alpha value is -4.26. The number of ketones is 1. The number of carbonyl (C=O) groups is 2. The van der Waals surface area contributed by atoms with Crippen LogP contribution in [-0.2, 0) is 16.0 Å². The zero-order chi connectivity index (χ0) is 23.4. The molecule has 0 spiro atoms. The van der Waals surface area contributed by atoms with E-state index in [1.807, 2.05) is 31.2 Å². The van der Waals surface area contributed by atoms with Gasteiger partial charge in [0.25, 0.3) is 0 Å². The summed E-state index contributed by atoms with van der Waals surface area (Å²) in [5.74, 6) is 0.764. The summed E-state index contributed by atoms with van der Waals surface area (Å²) >= 11 is 0. The number of hydrogen-bond donors (Lipinski definition) is 1. The number of aryl methyl sites for hydroxylation is 2. The highest BCUT2D eigenvalue weighted by atomic mass is 16.5. The fraction of sp³-hybridized carbons (Fsp3) is 0.154. The van der Waals surface area contributed by atoms with E-state index >= 15 is 0 Å². The Morgan fingerprint density at radius 2 is 1.94 bits per heavy atom. The number of allylic oxidation sites excluding steroid dienone is 1. The first-order chi connectivity index (χ1) is 15.9. The standard InChI is InChI=1S/C26H23N3O4/c1-16-11-19(23-9-5-18(15-28-23)26(31)32-2)12-20-13-22(33-25(16)20)8-7-21(30)6-3-17-4-10-24(27)29-14-17/h3-6,9-15H,7-8H2,1-2H3,(H2,27,29)/b6-3+. The van der Waals surface area contributed by atoms with Gasteiger partial charge < -0.3 is 14.9 Å². The van der Waals surface area contributed by atoms with Crippen LogP contribution in [0, 0.1) is 6.92 Å². The van der Waals surface area contributed by atoms with Gasteiger partial charge in [-0.2, -0.15) is 0 Å². The van der Waals surface area contributed by atoms with Crippen LogP contribution in [-0.4, -0.2) is 28.8 Å². The fourth-order valence-corrected chi connectivity index (χ4v) is 3.49. The van der Waals surface area contributed by atoms with Crippen molar-refractivity contribution in [3.05, 3.63) is 83.4 Å². The Morgan fingerprint density at radius 3 is 2.64 bits per heavy atom. The zero-order valence-corrected chi connectivity index (χ0v) is 18.4. The van der Waals surface area contributed by atoms with E-state index in [1.165, 1.54) is 13.3 Å². The molecule has 166 valence electrons. The van der Waals surface area contributed by atoms with Gasteiger partial charge in [0.1, 0.15) is 17.2 Å². The molecule has 3 aromatic heterocycles. The molecule has 7 heteroatoms. The fourth-order valence-electron chi connectivity index (χ4n) is 3.49. The second-order valence-corrected chi connectivity index (χ2v) is 7.66. The largest absolute Gasteiger partial charge is 0.465 e. The van der Waals surface area contributed by atoms with Crippen LogP contribution in [0.4, 0.5) is 5.82 Å². The lowest BCUT2D eigenvalue weighted by Crippen LogP contribution is -2.01. The van der Waals surface area contributed by atoms with Crippen molar-refractivity contribution in [2.45, 2.75) is 19.8 Å². The number of aromatic nitrogens is 2. The van der Waals surface area contributed by atoms with Crippen LogP contribution >= 0.6 is 0 Å². The number of rotatable bonds is 7. The number of nitrogens with zero attached hydrogens (tertiary/aromatic N) is 2. The van der Waals surface area contributed by atoms with Crippen molar-refractivity contribution >= 4 is 34.6 Å². The molecule has 0 unspecified atom stereocenters. The van der Waals surface area contributed by atoms with Gasteiger partial charge >= 0.3 is 5.97 Å². The molecule has 0 aliphatic carbocycles. The molecule has 2 N–H and O–H groups in total. The van der Waals surface area contributed by atoms with Gasteiger partial charge in [-0.15, -0.1) is 0 Å². The molecule has 0 aliphatic heterocycles. The number of methoxy groups -OCH3 is 1. The molecule has 33 heavy (non-hydrogen) atoms. The van der Waals surface area contributed by atoms with Crippen molar-refractivity contribution in [3.8, 4) is 11.3 Å². The normalized spacial score (nSPS) is 11.2. The van der Waals surface area contributed by atoms with Crippen molar-refractivity contribution < 1.29 is 18.7 Å². The van der Waals surface area contributed by atoms with Gasteiger partial charge in [0, 0.05) is 36.2 Å². The molecule has 0 amide bonds. The quantitative estimate of drug-likeness (QED) is 0.325. The number of hydrogen-bond acceptors (Lipinski definition) is 7. The number of pyridine rings is 2. The molecule has 0 saturated heterocycles. The average Bonchev–Trinajstić information content (AvgIpc) is 3.26. The maximum Gasteiger partial charge on any atom is 0.339 e. The van der Waals surface area contributed by atoms with Gasteiger partial charge in [0.2, 0.25) is 0 Å². The average molecular weight is 441 g/mol. The number of ether oxygens (including phenoxy) is 1. The molecule has 0 aliphatic rings. The van der Waals surface area contributed by atoms with E-state index in [9.17, 15) is 9.59 Å². The smallest absolute Gasteiger partial charge is 0.339 e. The van der Waals surface area contributed by atoms with Gasteiger partial charge in [-0.3, -0.25) is 9.78 Å². The highest BCUT2D eigenvalue weighted by molar-refractivity contribution is 5.94. The van der Waals surface area contributed by atoms with Crippen LogP contribution in [0.1, 0.15) is 33.7 Å². The Kier molecular flexibility index (Phi) is 6.31. The number of benzene rings is 1. The second-order valence-electron chi connectivity index (χ2n) is 7.66. The molecule has 7 nitrogen and oxygen atoms in total. The number of furan rings is 1. The minimum absolute atomic E-state index is 0.000382. The van der Waals surface area contributed by atoms with E-state index in [1.54, 1.807) is 36.5 Å². The minimum Gasteiger partial charge on any atom is -0.465 e. The van der Waals surface area contributed by atoms with E-state index in [2.05, 4.69) is 9.97 Å². The van der Waals surface area contributed by atoms with Crippen LogP contribution < -0.4 is 5.73 Å². The lowest BCUT2D eigenvalue weighted by molar-refractivity contribution is -0.114. The predicted molar refractivity (Wildman–Crippen MR) is 127 cm³/mol. The van der Waals surface area contributed by atoms with Crippen molar-refractivity contribution in [1.82, 2.24) is 9.97 Å². The monoisotopic (exact) mass is 441 g/mol. The van der Waals surface area contributed by atoms with Crippen molar-refractivity contribution in [2.75, 3.05) is 12.8 Å². The molecular formula is C26H23N3O4. The van der Waals surface area contributed by atoms with Crippen LogP contribution in [0.15, 0.2) is 65.4 Å². The summed E-state index contributed by atoms with van der Waals surface area (Å²) in [7, 11) is 1.34. The summed E-state index contributed by atoms with van der Waals surface area (Å²) in [6.07, 6.45) is 7.22. The van der Waals surface area contributed by atoms with Crippen LogP contribution in [0.5, 0.6) is 0 Å². The van der Waals surface area contributed by atoms with Gasteiger partial charge in [-0.1, -0.05) is 0 Å². The van der Waals surface area contributed by atoms with Gasteiger partial charge in [0.05, 0.1) is 18.4 Å². The summed E-state index contributed by atoms with van der Waals surface area (Å²) in [5, 5.41) is 0.940. The molecular weight excluding hydrogens is 418 g/mol. The van der Waals surface area contributed by atoms with E-state index in [-0.39, 0.29) is 5.78 Å². The highest BCUT2D eigenvalue weighted by Crippen LogP contribution is 2.29. The molecule has 0 bridgehead atoms. The maximum absolute atomic E-state index is 12.3. The number of anilines is 1. The van der Waals surface area contributed by atoms with Gasteiger partial charge in [0.15, 0.2) is 5.78 Å². The number of carbonyl (C=O) groups excluding carboxylic acids is 2. The number of nitrogen functional groups attached to an aromatic ring is 1. The first-order valence-electron chi connectivity index (χ1n) is 10.4. The zero-order valence-electron chi connectivity index (χ0n) is 18.4. The molecule has 1 aromatic carbocycles. The summed E-state index contributed by atoms with van der Waals surface area (Å²) < 4.78 is 10.7. The molecule has 0 radical (unpaired) electrons. The highest BCUT2D eigenvalue weighted by Gasteiger charge is 2.12. The van der Waals surface area contributed by atoms with Crippen molar-refractivity contribution in [2.24, 2.45) is 0 Å². The van der Waals surface area contributed by atoms with Crippen LogP contribution in [0.2, 0.25) is 0 Å². The third-order valence-electron chi connectivity index (χ3n) is 5.22. The van der Waals surface area contributed by atoms with E-state index < -0.39 is 5.97 Å². The molecule has 4 rings (SSSR count). The van der Waals surface area contributed by atoms with Crippen molar-refractivity contribution in [3.63, 3.8) is 0 Å². The lowest BCUT2D eigenvalue weighted by atomic mass is 10.0. The third-order valence-corrected chi connectivity index (χ3v) is 5.22. The topological polar surface area (TPSA) is 108 Å². The number of nitrogens with two attached hydrogens (primary N) is 1. The van der Waals surface area contributed by atoms with Crippen LogP contribution in [0.25, 0.3) is 28.3 Å². The molecule has 4 aromatic rings. The SMILES string of the molecule is COC(=O)c1ccc(-c2cc(C)c3oc(CCC(=O)/C=C/c4ccc(N)nc4)cc3c2)nc1. The lowest BCUT2D eigenvalue weighted by Gasteiger charge is -2.04. The Morgan fingerprint density at radius 1 is 1.09 bits per heavy atom. The molecule has 0 saturated carbocycles. The summed E-state index contributed by atoms with van der Waals surface area (Å²) in [4.78, 5) is 32.3. The molecule has 3 heterocycles. The first-order valence-corrected chi connectivity index (χ1v) is 10.4. The minimum atomic E-state index is -0.422. The van der Waals surface area contributed by atoms with Gasteiger partial charge in [-0.25, -0.2) is 9.78 Å². The van der Waals surface area contributed by atoms with E-state index in [0.717, 1.165) is 39.1 Å². The summed E-state index contributed by atoms with van der Waals surface area (Å²) in [5.41, 5.74) is 10.2. The second kappa shape index (κ2) is 9.48. The predicted octanol–water partition coefficient (Wildman–Crippen LogP) is 4.78. The Labute approximate surface area is 190 Å². The van der Waals surface area contributed by atoms with E-state index in [0.29, 0.717) is 24.2 Å². The van der Waals surface area contributed by atoms with Crippen LogP contribution in [0.3, 0.4) is 0 Å². The first kappa shape index (κ1) is 22.0. The van der Waals surface area contributed by atoms with E-state index in [4.69, 9.17) is 14.9 Å². The van der Waals surface area contributed by atoms with Gasteiger partial charge in [-0.05, 0) is 72.7 Å². The Balaban J connectivity index is 1.46. The number of fused-ring (bicyclic) bond motifs is 1. The third kappa shape index (κ3) is 5.15. The molecule has 0 atom stereocenters. The number of esters is 1. The summed E-state index contributed by atoms with van der Waals surface area (Å²) in [6, 6.07) is 12.9. The molecule has 0 fully saturated rings. The van der Waals surface area contributed by atoms with Crippen molar-refractivity contribution in [1.29, 1.82) is 0 Å².